The zero-order valence-corrected chi connectivity index (χ0v) is 56.3. The Hall–Kier alpha value is -10.5. The SMILES string of the molecule is [2H]c1c(C#N)c([2H])c2c3c([2H])c(C(C)(C)C)c([2H])c([2H])c3n(-c3cc4c5c(c3)N(c3c(-c6ccccc6)cc6c(c3-c3ccccc3)Cc3ccccc3-6)c3cc(C(C)(C)C)ccc3C5c3cc(-c5cc(C(C)(C)C)cc(C(C)(C)C)c5)ccc3N4c3ccccc3-c3ccccc3)c2c1[2H]. The van der Waals surface area contributed by atoms with Crippen molar-refractivity contribution in [2.24, 2.45) is 0 Å². The van der Waals surface area contributed by atoms with E-state index >= 15 is 0 Å². The van der Waals surface area contributed by atoms with Gasteiger partial charge >= 0.3 is 0 Å². The van der Waals surface area contributed by atoms with E-state index in [9.17, 15) is 13.5 Å². The van der Waals surface area contributed by atoms with Crippen LogP contribution in [-0.4, -0.2) is 4.57 Å². The molecule has 1 aliphatic carbocycles. The number of nitriles is 1. The van der Waals surface area contributed by atoms with E-state index in [1.165, 1.54) is 33.4 Å². The van der Waals surface area contributed by atoms with Crippen molar-refractivity contribution in [2.45, 2.75) is 117 Å². The van der Waals surface area contributed by atoms with Crippen LogP contribution < -0.4 is 9.80 Å². The van der Waals surface area contributed by atoms with Crippen molar-refractivity contribution in [2.75, 3.05) is 9.80 Å². The van der Waals surface area contributed by atoms with Gasteiger partial charge in [-0.1, -0.05) is 259 Å². The van der Waals surface area contributed by atoms with E-state index < -0.39 is 17.4 Å². The number of anilines is 6. The lowest BCUT2D eigenvalue weighted by Crippen LogP contribution is -2.30. The number of benzene rings is 12. The molecular weight excluding hydrogens is 1150 g/mol. The van der Waals surface area contributed by atoms with Gasteiger partial charge in [0.1, 0.15) is 0 Å². The molecule has 4 nitrogen and oxygen atoms in total. The van der Waals surface area contributed by atoms with Gasteiger partial charge in [0.05, 0.1) is 70.7 Å². The van der Waals surface area contributed by atoms with Crippen molar-refractivity contribution >= 4 is 55.9 Å². The van der Waals surface area contributed by atoms with Gasteiger partial charge in [-0.15, -0.1) is 0 Å². The van der Waals surface area contributed by atoms with Crippen LogP contribution in [0.4, 0.5) is 34.1 Å². The third-order valence-corrected chi connectivity index (χ3v) is 20.0. The van der Waals surface area contributed by atoms with Gasteiger partial charge < -0.3 is 14.4 Å². The smallest absolute Gasteiger partial charge is 0.0991 e. The van der Waals surface area contributed by atoms with Crippen molar-refractivity contribution in [1.29, 1.82) is 5.26 Å². The van der Waals surface area contributed by atoms with E-state index in [4.69, 9.17) is 0 Å². The zero-order chi connectivity index (χ0) is 70.8. The van der Waals surface area contributed by atoms with Gasteiger partial charge in [-0.25, -0.2) is 0 Å². The number of aromatic nitrogens is 1. The summed E-state index contributed by atoms with van der Waals surface area (Å²) in [5, 5.41) is 11.2. The van der Waals surface area contributed by atoms with Crippen molar-refractivity contribution in [3.8, 4) is 67.4 Å². The predicted octanol–water partition coefficient (Wildman–Crippen LogP) is 24.8. The summed E-state index contributed by atoms with van der Waals surface area (Å²) in [6.45, 7) is 26.3. The number of fused-ring (bicyclic) bond motifs is 10. The number of rotatable bonds is 7. The fourth-order valence-electron chi connectivity index (χ4n) is 15.0. The van der Waals surface area contributed by atoms with Gasteiger partial charge in [0.2, 0.25) is 0 Å². The second-order valence-electron chi connectivity index (χ2n) is 30.4. The molecule has 0 saturated carbocycles. The average Bonchev–Trinajstić information content (AvgIpc) is 1.66. The normalized spacial score (nSPS) is 15.0. The first-order chi connectivity index (χ1) is 48.1. The van der Waals surface area contributed by atoms with Gasteiger partial charge in [-0.2, -0.15) is 5.26 Å². The Bertz CT molecular complexity index is 5660. The Morgan fingerprint density at radius 3 is 1.61 bits per heavy atom. The molecule has 0 amide bonds. The first-order valence-corrected chi connectivity index (χ1v) is 33.4. The largest absolute Gasteiger partial charge is 0.309 e. The maximum atomic E-state index is 10.9. The summed E-state index contributed by atoms with van der Waals surface area (Å²) >= 11 is 0. The standard InChI is InChI=1S/C91H80N4/c1-88(2,3)63-39-43-79-74(50-63)73-44-56(55-92)36-41-78(73)93(79)67-52-82-86-83(53-67)95(87-71(58-28-18-14-19-29-58)54-72-68-33-23-22-32-61(68)48-75(72)84(87)59-30-20-15-21-31-59)81-51-64(89(4,5)6)38-40-70(81)85(86)76-47-60(62-45-65(90(7,8)9)49-66(46-62)91(10,11)12)37-42-80(76)94(82)77-35-25-24-34-69(77)57-26-16-13-17-27-57/h13-47,49-54,85H,48H2,1-12H3/i36D,39D,41D,43D,44D,50D. The molecule has 1 aromatic heterocycles. The summed E-state index contributed by atoms with van der Waals surface area (Å²) in [4.78, 5) is 4.94. The molecule has 0 fully saturated rings. The molecule has 464 valence electrons. The fourth-order valence-corrected chi connectivity index (χ4v) is 15.0. The summed E-state index contributed by atoms with van der Waals surface area (Å²) in [6.07, 6.45) is 0.686. The monoisotopic (exact) mass is 1230 g/mol. The average molecular weight is 1240 g/mol. The molecule has 13 aromatic rings. The molecule has 0 N–H and O–H groups in total. The first-order valence-electron chi connectivity index (χ1n) is 36.4. The minimum atomic E-state index is -0.800. The van der Waals surface area contributed by atoms with Crippen LogP contribution in [-0.2, 0) is 28.1 Å². The molecule has 0 radical (unpaired) electrons. The van der Waals surface area contributed by atoms with Crippen LogP contribution in [0.25, 0.3) is 83.1 Å². The summed E-state index contributed by atoms with van der Waals surface area (Å²) in [7, 11) is 0. The summed E-state index contributed by atoms with van der Waals surface area (Å²) in [6, 6.07) is 78.2. The molecular formula is C91H80N4. The van der Waals surface area contributed by atoms with E-state index in [1.807, 2.05) is 26.8 Å². The maximum Gasteiger partial charge on any atom is 0.0991 e. The Labute approximate surface area is 569 Å². The predicted molar refractivity (Wildman–Crippen MR) is 401 cm³/mol. The highest BCUT2D eigenvalue weighted by Crippen LogP contribution is 2.65. The lowest BCUT2D eigenvalue weighted by molar-refractivity contribution is 0.569. The number of para-hydroxylation sites is 1. The van der Waals surface area contributed by atoms with Crippen LogP contribution in [0.15, 0.2) is 249 Å². The lowest BCUT2D eigenvalue weighted by Gasteiger charge is -2.47. The molecule has 95 heavy (non-hydrogen) atoms. The van der Waals surface area contributed by atoms with Crippen LogP contribution in [0.2, 0.25) is 0 Å². The zero-order valence-electron chi connectivity index (χ0n) is 62.3. The van der Waals surface area contributed by atoms with Gasteiger partial charge in [0.15, 0.2) is 0 Å². The second kappa shape index (κ2) is 21.8. The Morgan fingerprint density at radius 2 is 0.968 bits per heavy atom. The number of hydrogen-bond acceptors (Lipinski definition) is 3. The van der Waals surface area contributed by atoms with Crippen LogP contribution in [0.5, 0.6) is 0 Å². The molecule has 0 saturated heterocycles. The van der Waals surface area contributed by atoms with E-state index in [0.29, 0.717) is 17.7 Å². The maximum absolute atomic E-state index is 10.9. The van der Waals surface area contributed by atoms with Crippen LogP contribution in [0.1, 0.15) is 153 Å². The Morgan fingerprint density at radius 1 is 0.400 bits per heavy atom. The Balaban J connectivity index is 1.15. The highest BCUT2D eigenvalue weighted by Gasteiger charge is 2.45. The second-order valence-corrected chi connectivity index (χ2v) is 30.4. The highest BCUT2D eigenvalue weighted by atomic mass is 15.2. The quantitative estimate of drug-likeness (QED) is 0.160. The van der Waals surface area contributed by atoms with Gasteiger partial charge in [-0.05, 0) is 184 Å². The fraction of sp³-hybridized carbons (Fsp3) is 0.198. The van der Waals surface area contributed by atoms with Gasteiger partial charge in [0.25, 0.3) is 0 Å². The summed E-state index contributed by atoms with van der Waals surface area (Å²) < 4.78 is 62.4. The summed E-state index contributed by atoms with van der Waals surface area (Å²) in [5.41, 5.74) is 24.8. The number of hydrogen-bond donors (Lipinski definition) is 0. The molecule has 12 aromatic carbocycles. The topological polar surface area (TPSA) is 35.2 Å². The molecule has 0 bridgehead atoms. The van der Waals surface area contributed by atoms with Crippen LogP contribution >= 0.6 is 0 Å². The Kier molecular flexibility index (Phi) is 12.2. The van der Waals surface area contributed by atoms with E-state index in [2.05, 4.69) is 284 Å². The van der Waals surface area contributed by atoms with Gasteiger partial charge in [0, 0.05) is 38.9 Å². The van der Waals surface area contributed by atoms with Crippen molar-refractivity contribution in [1.82, 2.24) is 4.57 Å². The first kappa shape index (κ1) is 53.0. The molecule has 1 atom stereocenters. The van der Waals surface area contributed by atoms with Gasteiger partial charge in [-0.3, -0.25) is 0 Å². The molecule has 3 heterocycles. The van der Waals surface area contributed by atoms with Crippen molar-refractivity contribution in [3.05, 3.63) is 304 Å². The molecule has 0 spiro atoms. The third kappa shape index (κ3) is 9.84. The van der Waals surface area contributed by atoms with Crippen molar-refractivity contribution in [3.63, 3.8) is 0 Å². The molecule has 3 aliphatic rings. The van der Waals surface area contributed by atoms with Crippen molar-refractivity contribution < 1.29 is 8.22 Å². The minimum Gasteiger partial charge on any atom is -0.309 e. The molecule has 4 heteroatoms. The van der Waals surface area contributed by atoms with E-state index in [-0.39, 0.29) is 73.8 Å². The summed E-state index contributed by atoms with van der Waals surface area (Å²) in [5.74, 6) is -0.431. The molecule has 16 rings (SSSR count). The lowest BCUT2D eigenvalue weighted by atomic mass is 9.73. The van der Waals surface area contributed by atoms with Crippen LogP contribution in [0.3, 0.4) is 0 Å². The third-order valence-electron chi connectivity index (χ3n) is 20.0. The molecule has 1 unspecified atom stereocenters. The highest BCUT2D eigenvalue weighted by molar-refractivity contribution is 6.12. The van der Waals surface area contributed by atoms with E-state index in [0.717, 1.165) is 101 Å². The molecule has 2 aliphatic heterocycles. The minimum absolute atomic E-state index is 0.0543. The van der Waals surface area contributed by atoms with Crippen LogP contribution in [0, 0.1) is 11.3 Å². The van der Waals surface area contributed by atoms with E-state index in [1.54, 1.807) is 4.57 Å². The number of nitrogens with zero attached hydrogens (tertiary/aromatic N) is 4.